The van der Waals surface area contributed by atoms with Gasteiger partial charge in [-0.05, 0) is 24.3 Å². The van der Waals surface area contributed by atoms with Gasteiger partial charge in [-0.2, -0.15) is 0 Å². The summed E-state index contributed by atoms with van der Waals surface area (Å²) < 4.78 is 19.3. The maximum Gasteiger partial charge on any atom is 0.230 e. The van der Waals surface area contributed by atoms with Crippen molar-refractivity contribution in [2.45, 2.75) is 17.8 Å². The van der Waals surface area contributed by atoms with Gasteiger partial charge in [0.2, 0.25) is 11.1 Å². The van der Waals surface area contributed by atoms with Crippen LogP contribution in [0.3, 0.4) is 0 Å². The normalized spacial score (nSPS) is 10.8. The molecule has 0 fully saturated rings. The Morgan fingerprint density at radius 1 is 1.19 bits per heavy atom. The molecule has 0 aliphatic carbocycles. The molecule has 0 saturated heterocycles. The van der Waals surface area contributed by atoms with Gasteiger partial charge >= 0.3 is 0 Å². The molecule has 10 heteroatoms. The third-order valence-corrected chi connectivity index (χ3v) is 6.07. The van der Waals surface area contributed by atoms with Gasteiger partial charge in [-0.15, -0.1) is 16.4 Å². The number of thiazole rings is 1. The third kappa shape index (κ3) is 4.59. The van der Waals surface area contributed by atoms with Crippen molar-refractivity contribution in [1.82, 2.24) is 20.2 Å². The minimum atomic E-state index is -0.361. The van der Waals surface area contributed by atoms with Crippen LogP contribution in [-0.2, 0) is 10.5 Å². The average molecular weight is 456 g/mol. The van der Waals surface area contributed by atoms with E-state index in [-0.39, 0.29) is 11.7 Å². The van der Waals surface area contributed by atoms with Crippen LogP contribution in [0.2, 0.25) is 0 Å². The molecule has 0 saturated carbocycles. The number of H-pyrrole nitrogens is 1. The minimum Gasteiger partial charge on any atom is -0.495 e. The molecule has 2 heterocycles. The van der Waals surface area contributed by atoms with Crippen LogP contribution in [-0.4, -0.2) is 33.2 Å². The number of carbonyl (C=O) groups excluding carboxylic acids is 1. The van der Waals surface area contributed by atoms with Gasteiger partial charge in [0.15, 0.2) is 11.0 Å². The molecule has 4 aromatic rings. The highest BCUT2D eigenvalue weighted by atomic mass is 32.2. The van der Waals surface area contributed by atoms with E-state index in [2.05, 4.69) is 20.2 Å². The van der Waals surface area contributed by atoms with Crippen molar-refractivity contribution in [3.05, 3.63) is 65.4 Å². The van der Waals surface area contributed by atoms with Crippen molar-refractivity contribution in [2.75, 3.05) is 12.0 Å². The van der Waals surface area contributed by atoms with E-state index in [0.29, 0.717) is 38.9 Å². The maximum absolute atomic E-state index is 13.9. The molecule has 7 nitrogen and oxygen atoms in total. The predicted molar refractivity (Wildman–Crippen MR) is 119 cm³/mol. The molecule has 4 rings (SSSR count). The quantitative estimate of drug-likeness (QED) is 0.393. The fourth-order valence-corrected chi connectivity index (χ4v) is 4.59. The molecule has 0 bridgehead atoms. The number of para-hydroxylation sites is 2. The number of rotatable bonds is 7. The zero-order chi connectivity index (χ0) is 21.8. The SMILES string of the molecule is COc1ccccc1N(C(C)=O)c1nc(CSc2n[nH]c(-c3ccccc3F)n2)cs1. The summed E-state index contributed by atoms with van der Waals surface area (Å²) in [6.07, 6.45) is 0. The predicted octanol–water partition coefficient (Wildman–Crippen LogP) is 5.05. The van der Waals surface area contributed by atoms with Gasteiger partial charge in [-0.1, -0.05) is 36.0 Å². The molecule has 2 aromatic carbocycles. The number of aromatic nitrogens is 4. The molecule has 2 aromatic heterocycles. The third-order valence-electron chi connectivity index (χ3n) is 4.31. The van der Waals surface area contributed by atoms with E-state index in [0.717, 1.165) is 5.69 Å². The van der Waals surface area contributed by atoms with E-state index in [1.54, 1.807) is 31.4 Å². The van der Waals surface area contributed by atoms with Gasteiger partial charge in [-0.25, -0.2) is 14.4 Å². The summed E-state index contributed by atoms with van der Waals surface area (Å²) in [5.41, 5.74) is 1.78. The second-order valence-electron chi connectivity index (χ2n) is 6.38. The molecule has 1 N–H and O–H groups in total. The van der Waals surface area contributed by atoms with Crippen LogP contribution in [0, 0.1) is 5.82 Å². The molecular weight excluding hydrogens is 437 g/mol. The van der Waals surface area contributed by atoms with Crippen LogP contribution in [0.4, 0.5) is 15.2 Å². The first kappa shape index (κ1) is 21.0. The van der Waals surface area contributed by atoms with Gasteiger partial charge < -0.3 is 4.74 Å². The summed E-state index contributed by atoms with van der Waals surface area (Å²) in [6, 6.07) is 13.7. The van der Waals surface area contributed by atoms with Crippen LogP contribution in [0.25, 0.3) is 11.4 Å². The lowest BCUT2D eigenvalue weighted by Crippen LogP contribution is -2.23. The highest BCUT2D eigenvalue weighted by Crippen LogP contribution is 2.36. The van der Waals surface area contributed by atoms with E-state index in [4.69, 9.17) is 4.74 Å². The molecule has 1 amide bonds. The second kappa shape index (κ2) is 9.27. The van der Waals surface area contributed by atoms with Gasteiger partial charge in [0, 0.05) is 18.1 Å². The fourth-order valence-electron chi connectivity index (χ4n) is 2.91. The summed E-state index contributed by atoms with van der Waals surface area (Å²) in [4.78, 5) is 22.8. The van der Waals surface area contributed by atoms with Crippen LogP contribution in [0.5, 0.6) is 5.75 Å². The topological polar surface area (TPSA) is 84.0 Å². The number of thioether (sulfide) groups is 1. The Kier molecular flexibility index (Phi) is 6.28. The molecule has 0 atom stereocenters. The molecule has 0 radical (unpaired) electrons. The lowest BCUT2D eigenvalue weighted by atomic mass is 10.2. The Labute approximate surface area is 186 Å². The number of benzene rings is 2. The van der Waals surface area contributed by atoms with Gasteiger partial charge in [0.25, 0.3) is 0 Å². The molecule has 0 unspecified atom stereocenters. The number of amides is 1. The second-order valence-corrected chi connectivity index (χ2v) is 8.16. The number of anilines is 2. The molecular formula is C21H18FN5O2S2. The van der Waals surface area contributed by atoms with Crippen molar-refractivity contribution < 1.29 is 13.9 Å². The number of nitrogens with one attached hydrogen (secondary N) is 1. The molecule has 158 valence electrons. The van der Waals surface area contributed by atoms with Crippen molar-refractivity contribution in [3.8, 4) is 17.1 Å². The molecule has 0 aliphatic rings. The lowest BCUT2D eigenvalue weighted by molar-refractivity contribution is -0.115. The van der Waals surface area contributed by atoms with E-state index < -0.39 is 0 Å². The van der Waals surface area contributed by atoms with Crippen LogP contribution >= 0.6 is 23.1 Å². The van der Waals surface area contributed by atoms with E-state index in [1.165, 1.54) is 41.0 Å². The number of halogens is 1. The number of aromatic amines is 1. The summed E-state index contributed by atoms with van der Waals surface area (Å²) in [7, 11) is 1.56. The molecule has 31 heavy (non-hydrogen) atoms. The van der Waals surface area contributed by atoms with E-state index in [9.17, 15) is 9.18 Å². The fraction of sp³-hybridized carbons (Fsp3) is 0.143. The average Bonchev–Trinajstić information content (AvgIpc) is 3.43. The van der Waals surface area contributed by atoms with Crippen molar-refractivity contribution in [3.63, 3.8) is 0 Å². The van der Waals surface area contributed by atoms with E-state index in [1.807, 2.05) is 23.6 Å². The lowest BCUT2D eigenvalue weighted by Gasteiger charge is -2.20. The maximum atomic E-state index is 13.9. The zero-order valence-electron chi connectivity index (χ0n) is 16.7. The number of carbonyl (C=O) groups is 1. The molecule has 0 spiro atoms. The largest absolute Gasteiger partial charge is 0.495 e. The summed E-state index contributed by atoms with van der Waals surface area (Å²) in [5.74, 6) is 0.938. The summed E-state index contributed by atoms with van der Waals surface area (Å²) in [6.45, 7) is 1.49. The van der Waals surface area contributed by atoms with Crippen LogP contribution in [0.1, 0.15) is 12.6 Å². The monoisotopic (exact) mass is 455 g/mol. The molecule has 0 aliphatic heterocycles. The standard InChI is InChI=1S/C21H18FN5O2S2/c1-13(28)27(17-9-5-6-10-18(17)29-2)21-23-14(12-31-21)11-30-20-24-19(25-26-20)15-7-3-4-8-16(15)22/h3-10,12H,11H2,1-2H3,(H,24,25,26). The van der Waals surface area contributed by atoms with E-state index >= 15 is 0 Å². The Morgan fingerprint density at radius 2 is 1.97 bits per heavy atom. The summed E-state index contributed by atoms with van der Waals surface area (Å²) >= 11 is 2.74. The number of nitrogens with zero attached hydrogens (tertiary/aromatic N) is 4. The number of ether oxygens (including phenoxy) is 1. The van der Waals surface area contributed by atoms with Gasteiger partial charge in [-0.3, -0.25) is 14.8 Å². The zero-order valence-corrected chi connectivity index (χ0v) is 18.3. The Hall–Kier alpha value is -3.24. The van der Waals surface area contributed by atoms with Crippen molar-refractivity contribution in [1.29, 1.82) is 0 Å². The van der Waals surface area contributed by atoms with Gasteiger partial charge in [0.1, 0.15) is 11.6 Å². The van der Waals surface area contributed by atoms with Crippen molar-refractivity contribution in [2.24, 2.45) is 0 Å². The summed E-state index contributed by atoms with van der Waals surface area (Å²) in [5, 5.41) is 9.83. The number of methoxy groups -OCH3 is 1. The number of hydrogen-bond acceptors (Lipinski definition) is 7. The smallest absolute Gasteiger partial charge is 0.230 e. The minimum absolute atomic E-state index is 0.165. The first-order valence-corrected chi connectivity index (χ1v) is 11.1. The first-order valence-electron chi connectivity index (χ1n) is 9.25. The number of hydrogen-bond donors (Lipinski definition) is 1. The Bertz CT molecular complexity index is 1210. The van der Waals surface area contributed by atoms with Crippen molar-refractivity contribution >= 4 is 39.8 Å². The highest BCUT2D eigenvalue weighted by molar-refractivity contribution is 7.98. The Morgan fingerprint density at radius 3 is 2.74 bits per heavy atom. The van der Waals surface area contributed by atoms with Gasteiger partial charge in [0.05, 0.1) is 24.1 Å². The highest BCUT2D eigenvalue weighted by Gasteiger charge is 2.21. The van der Waals surface area contributed by atoms with Crippen LogP contribution in [0.15, 0.2) is 59.1 Å². The van der Waals surface area contributed by atoms with Crippen LogP contribution < -0.4 is 9.64 Å². The first-order chi connectivity index (χ1) is 15.1. The Balaban J connectivity index is 1.49.